The van der Waals surface area contributed by atoms with Crippen LogP contribution in [0.3, 0.4) is 0 Å². The highest BCUT2D eigenvalue weighted by Gasteiger charge is 2.24. The van der Waals surface area contributed by atoms with Crippen molar-refractivity contribution in [1.29, 1.82) is 0 Å². The van der Waals surface area contributed by atoms with Gasteiger partial charge >= 0.3 is 12.1 Å². The Labute approximate surface area is 244 Å². The molecule has 0 radical (unpaired) electrons. The van der Waals surface area contributed by atoms with Crippen LogP contribution in [-0.4, -0.2) is 43.1 Å². The lowest BCUT2D eigenvalue weighted by atomic mass is 9.96. The maximum absolute atomic E-state index is 12.4. The van der Waals surface area contributed by atoms with Crippen LogP contribution < -0.4 is 15.4 Å². The normalized spacial score (nSPS) is 12.2. The number of amides is 1. The molecule has 0 aliphatic heterocycles. The van der Waals surface area contributed by atoms with Gasteiger partial charge in [-0.25, -0.2) is 4.79 Å². The van der Waals surface area contributed by atoms with Crippen LogP contribution in [0.2, 0.25) is 0 Å². The van der Waals surface area contributed by atoms with Gasteiger partial charge in [-0.15, -0.1) is 0 Å². The minimum Gasteiger partial charge on any atom is -0.495 e. The molecule has 1 amide bonds. The van der Waals surface area contributed by atoms with Crippen molar-refractivity contribution < 1.29 is 28.5 Å². The molecule has 0 aromatic heterocycles. The summed E-state index contributed by atoms with van der Waals surface area (Å²) >= 11 is 5.42. The second-order valence-corrected chi connectivity index (χ2v) is 12.3. The lowest BCUT2D eigenvalue weighted by Gasteiger charge is -2.22. The molecule has 1 unspecified atom stereocenters. The zero-order valence-electron chi connectivity index (χ0n) is 25.2. The topological polar surface area (TPSA) is 95.1 Å². The second-order valence-electron chi connectivity index (χ2n) is 12.0. The lowest BCUT2D eigenvalue weighted by molar-refractivity contribution is -0.154. The summed E-state index contributed by atoms with van der Waals surface area (Å²) in [6.45, 7) is 16.0. The van der Waals surface area contributed by atoms with Crippen molar-refractivity contribution in [3.8, 4) is 5.75 Å². The largest absolute Gasteiger partial charge is 0.495 e. The Morgan fingerprint density at radius 1 is 0.925 bits per heavy atom. The Morgan fingerprint density at radius 2 is 1.60 bits per heavy atom. The summed E-state index contributed by atoms with van der Waals surface area (Å²) in [6, 6.07) is 11.7. The molecule has 0 spiro atoms. The Kier molecular flexibility index (Phi) is 11.8. The SMILES string of the molecule is COc1cc(COC(=S)NCC(COC(=O)C(C)(C)C)Cc2ccc(C)c(C)c2)ccc1NC(=O)OC(C)(C)C. The van der Waals surface area contributed by atoms with Crippen LogP contribution in [0.25, 0.3) is 0 Å². The molecule has 220 valence electrons. The van der Waals surface area contributed by atoms with Gasteiger partial charge in [-0.3, -0.25) is 10.1 Å². The molecule has 2 aromatic carbocycles. The van der Waals surface area contributed by atoms with E-state index in [0.29, 0.717) is 18.0 Å². The number of benzene rings is 2. The minimum atomic E-state index is -0.611. The van der Waals surface area contributed by atoms with Gasteiger partial charge in [0.05, 0.1) is 24.8 Å². The molecule has 0 saturated heterocycles. The molecule has 2 rings (SSSR count). The molecule has 0 aliphatic rings. The molecule has 2 N–H and O–H groups in total. The van der Waals surface area contributed by atoms with Crippen molar-refractivity contribution in [1.82, 2.24) is 5.32 Å². The molecule has 9 heteroatoms. The average Bonchev–Trinajstić information content (AvgIpc) is 2.85. The van der Waals surface area contributed by atoms with E-state index in [-0.39, 0.29) is 30.3 Å². The number of hydrogen-bond donors (Lipinski definition) is 2. The molecule has 40 heavy (non-hydrogen) atoms. The van der Waals surface area contributed by atoms with Gasteiger partial charge in [-0.2, -0.15) is 0 Å². The van der Waals surface area contributed by atoms with Gasteiger partial charge in [0, 0.05) is 12.5 Å². The zero-order valence-corrected chi connectivity index (χ0v) is 26.0. The summed E-state index contributed by atoms with van der Waals surface area (Å²) in [5.41, 5.74) is 3.73. The summed E-state index contributed by atoms with van der Waals surface area (Å²) in [7, 11) is 1.52. The molecular formula is C31H44N2O6S. The van der Waals surface area contributed by atoms with E-state index < -0.39 is 17.1 Å². The first kappa shape index (κ1) is 32.9. The van der Waals surface area contributed by atoms with Crippen molar-refractivity contribution in [2.45, 2.75) is 74.0 Å². The van der Waals surface area contributed by atoms with Crippen LogP contribution in [0.15, 0.2) is 36.4 Å². The fourth-order valence-corrected chi connectivity index (χ4v) is 3.78. The van der Waals surface area contributed by atoms with Gasteiger partial charge in [0.25, 0.3) is 5.17 Å². The molecule has 2 aromatic rings. The first-order valence-electron chi connectivity index (χ1n) is 13.4. The van der Waals surface area contributed by atoms with Crippen molar-refractivity contribution in [3.05, 3.63) is 58.7 Å². The Bertz CT molecular complexity index is 1180. The van der Waals surface area contributed by atoms with E-state index in [9.17, 15) is 9.59 Å². The molecule has 0 heterocycles. The van der Waals surface area contributed by atoms with E-state index in [4.69, 9.17) is 31.2 Å². The first-order chi connectivity index (χ1) is 18.6. The highest BCUT2D eigenvalue weighted by molar-refractivity contribution is 7.80. The predicted octanol–water partition coefficient (Wildman–Crippen LogP) is 6.50. The number of esters is 1. The fraction of sp³-hybridized carbons (Fsp3) is 0.516. The standard InChI is InChI=1S/C31H44N2O6S/c1-20-10-11-22(14-21(20)2)15-24(19-37-27(34)30(3,4)5)17-32-29(40)38-18-23-12-13-25(26(16-23)36-9)33-28(35)39-31(6,7)8/h10-14,16,24H,15,17-19H2,1-9H3,(H,32,40)(H,33,35). The maximum Gasteiger partial charge on any atom is 0.412 e. The molecule has 0 fully saturated rings. The highest BCUT2D eigenvalue weighted by atomic mass is 32.1. The summed E-state index contributed by atoms with van der Waals surface area (Å²) in [4.78, 5) is 24.5. The third kappa shape index (κ3) is 11.4. The van der Waals surface area contributed by atoms with E-state index in [1.54, 1.807) is 32.9 Å². The van der Waals surface area contributed by atoms with Crippen molar-refractivity contribution in [2.24, 2.45) is 11.3 Å². The predicted molar refractivity (Wildman–Crippen MR) is 162 cm³/mol. The van der Waals surface area contributed by atoms with Gasteiger partial charge in [0.1, 0.15) is 18.0 Å². The number of thiocarbonyl (C=S) groups is 1. The molecule has 0 bridgehead atoms. The number of carbonyl (C=O) groups is 2. The summed E-state index contributed by atoms with van der Waals surface area (Å²) in [6.07, 6.45) is 0.154. The second kappa shape index (κ2) is 14.3. The summed E-state index contributed by atoms with van der Waals surface area (Å²) < 4.78 is 22.1. The zero-order chi connectivity index (χ0) is 30.1. The lowest BCUT2D eigenvalue weighted by Crippen LogP contribution is -2.34. The number of hydrogen-bond acceptors (Lipinski definition) is 7. The molecular weight excluding hydrogens is 528 g/mol. The smallest absolute Gasteiger partial charge is 0.412 e. The summed E-state index contributed by atoms with van der Waals surface area (Å²) in [5.74, 6) is 0.225. The number of methoxy groups -OCH3 is 1. The van der Waals surface area contributed by atoms with Crippen LogP contribution in [0.4, 0.5) is 10.5 Å². The van der Waals surface area contributed by atoms with Gasteiger partial charge < -0.3 is 24.3 Å². The van der Waals surface area contributed by atoms with E-state index >= 15 is 0 Å². The van der Waals surface area contributed by atoms with Crippen molar-refractivity contribution in [2.75, 3.05) is 25.6 Å². The number of aryl methyl sites for hydroxylation is 2. The van der Waals surface area contributed by atoms with Crippen LogP contribution in [0.5, 0.6) is 5.75 Å². The van der Waals surface area contributed by atoms with Gasteiger partial charge in [-0.05, 0) is 108 Å². The highest BCUT2D eigenvalue weighted by Crippen LogP contribution is 2.27. The fourth-order valence-electron chi connectivity index (χ4n) is 3.63. The third-order valence-electron chi connectivity index (χ3n) is 5.96. The van der Waals surface area contributed by atoms with Crippen molar-refractivity contribution in [3.63, 3.8) is 0 Å². The van der Waals surface area contributed by atoms with Crippen LogP contribution in [-0.2, 0) is 32.0 Å². The van der Waals surface area contributed by atoms with E-state index in [1.807, 2.05) is 26.8 Å². The van der Waals surface area contributed by atoms with Gasteiger partial charge in [0.15, 0.2) is 0 Å². The van der Waals surface area contributed by atoms with Crippen LogP contribution >= 0.6 is 12.2 Å². The van der Waals surface area contributed by atoms with E-state index in [1.165, 1.54) is 23.8 Å². The third-order valence-corrected chi connectivity index (χ3v) is 6.23. The number of carbonyl (C=O) groups excluding carboxylic acids is 2. The minimum absolute atomic E-state index is 0.00624. The first-order valence-corrected chi connectivity index (χ1v) is 13.8. The molecule has 8 nitrogen and oxygen atoms in total. The number of anilines is 1. The monoisotopic (exact) mass is 572 g/mol. The van der Waals surface area contributed by atoms with Crippen molar-refractivity contribution >= 4 is 35.1 Å². The number of ether oxygens (including phenoxy) is 4. The Morgan fingerprint density at radius 3 is 2.20 bits per heavy atom. The van der Waals surface area contributed by atoms with Crippen LogP contribution in [0, 0.1) is 25.2 Å². The number of rotatable bonds is 10. The molecule has 1 atom stereocenters. The molecule has 0 saturated carbocycles. The Hall–Kier alpha value is -3.33. The maximum atomic E-state index is 12.4. The van der Waals surface area contributed by atoms with E-state index in [2.05, 4.69) is 42.7 Å². The van der Waals surface area contributed by atoms with Crippen LogP contribution in [0.1, 0.15) is 63.8 Å². The van der Waals surface area contributed by atoms with Gasteiger partial charge in [0.2, 0.25) is 0 Å². The average molecular weight is 573 g/mol. The van der Waals surface area contributed by atoms with E-state index in [0.717, 1.165) is 12.0 Å². The Balaban J connectivity index is 1.98. The molecule has 0 aliphatic carbocycles. The number of nitrogens with one attached hydrogen (secondary N) is 2. The van der Waals surface area contributed by atoms with Gasteiger partial charge in [-0.1, -0.05) is 24.3 Å². The quantitative estimate of drug-likeness (QED) is 0.246. The summed E-state index contributed by atoms with van der Waals surface area (Å²) in [5, 5.41) is 6.10.